The molecule has 0 aliphatic rings. The standard InChI is InChI=1S/C20H22N4O3S/c1-14(19(25)21-12-15-7-9-17(26-2)10-8-15)28-20-23-22-13-24(20)16-5-4-6-18(11-16)27-3/h4-11,13-14H,12H2,1-3H3,(H,21,25)/t14-/m0/s1. The third kappa shape index (κ3) is 4.83. The second kappa shape index (κ2) is 9.27. The second-order valence-electron chi connectivity index (χ2n) is 6.01. The van der Waals surface area contributed by atoms with Crippen molar-refractivity contribution in [2.75, 3.05) is 14.2 Å². The molecule has 0 unspecified atom stereocenters. The number of thioether (sulfide) groups is 1. The number of benzene rings is 2. The number of carbonyl (C=O) groups is 1. The largest absolute Gasteiger partial charge is 0.497 e. The number of aromatic nitrogens is 3. The van der Waals surface area contributed by atoms with Crippen molar-refractivity contribution in [1.29, 1.82) is 0 Å². The van der Waals surface area contributed by atoms with Crippen LogP contribution in [0.25, 0.3) is 5.69 Å². The molecule has 0 fully saturated rings. The van der Waals surface area contributed by atoms with Crippen LogP contribution in [0, 0.1) is 0 Å². The first kappa shape index (κ1) is 19.8. The van der Waals surface area contributed by atoms with E-state index in [-0.39, 0.29) is 11.2 Å². The van der Waals surface area contributed by atoms with Crippen LogP contribution in [-0.4, -0.2) is 40.1 Å². The summed E-state index contributed by atoms with van der Waals surface area (Å²) >= 11 is 1.35. The molecule has 7 nitrogen and oxygen atoms in total. The van der Waals surface area contributed by atoms with E-state index in [1.54, 1.807) is 20.5 Å². The van der Waals surface area contributed by atoms with Gasteiger partial charge in [0.25, 0.3) is 0 Å². The third-order valence-corrected chi connectivity index (χ3v) is 5.18. The van der Waals surface area contributed by atoms with Crippen LogP contribution in [0.1, 0.15) is 12.5 Å². The van der Waals surface area contributed by atoms with Crippen molar-refractivity contribution < 1.29 is 14.3 Å². The van der Waals surface area contributed by atoms with E-state index in [1.165, 1.54) is 11.8 Å². The molecule has 1 amide bonds. The minimum absolute atomic E-state index is 0.0685. The quantitative estimate of drug-likeness (QED) is 0.588. The molecule has 2 aromatic carbocycles. The molecule has 0 aliphatic carbocycles. The second-order valence-corrected chi connectivity index (χ2v) is 7.32. The van der Waals surface area contributed by atoms with E-state index < -0.39 is 0 Å². The van der Waals surface area contributed by atoms with Crippen LogP contribution in [0.2, 0.25) is 0 Å². The fourth-order valence-corrected chi connectivity index (χ4v) is 3.40. The minimum Gasteiger partial charge on any atom is -0.497 e. The number of hydrogen-bond acceptors (Lipinski definition) is 6. The van der Waals surface area contributed by atoms with Crippen molar-refractivity contribution in [3.8, 4) is 17.2 Å². The molecule has 1 heterocycles. The number of amides is 1. The molecular weight excluding hydrogens is 376 g/mol. The summed E-state index contributed by atoms with van der Waals surface area (Å²) in [5, 5.41) is 11.4. The maximum atomic E-state index is 12.5. The lowest BCUT2D eigenvalue weighted by Gasteiger charge is -2.13. The average Bonchev–Trinajstić information content (AvgIpc) is 3.20. The van der Waals surface area contributed by atoms with Crippen molar-refractivity contribution in [2.24, 2.45) is 0 Å². The Bertz CT molecular complexity index is 927. The summed E-state index contributed by atoms with van der Waals surface area (Å²) in [5.41, 5.74) is 1.88. The van der Waals surface area contributed by atoms with Crippen LogP contribution in [0.15, 0.2) is 60.0 Å². The summed E-state index contributed by atoms with van der Waals surface area (Å²) in [4.78, 5) is 12.5. The molecule has 146 valence electrons. The first-order valence-electron chi connectivity index (χ1n) is 8.72. The number of nitrogens with zero attached hydrogens (tertiary/aromatic N) is 3. The molecular formula is C20H22N4O3S. The Morgan fingerprint density at radius 3 is 2.61 bits per heavy atom. The summed E-state index contributed by atoms with van der Waals surface area (Å²) in [6.45, 7) is 2.30. The van der Waals surface area contributed by atoms with Crippen molar-refractivity contribution in [3.63, 3.8) is 0 Å². The summed E-state index contributed by atoms with van der Waals surface area (Å²) in [5.74, 6) is 1.46. The summed E-state index contributed by atoms with van der Waals surface area (Å²) in [7, 11) is 3.25. The number of methoxy groups -OCH3 is 2. The Hall–Kier alpha value is -3.00. The van der Waals surface area contributed by atoms with E-state index in [2.05, 4.69) is 15.5 Å². The SMILES string of the molecule is COc1ccc(CNC(=O)[C@H](C)Sc2nncn2-c2cccc(OC)c2)cc1. The van der Waals surface area contributed by atoms with E-state index in [1.807, 2.05) is 60.0 Å². The molecule has 0 spiro atoms. The van der Waals surface area contributed by atoms with Crippen molar-refractivity contribution in [3.05, 3.63) is 60.4 Å². The van der Waals surface area contributed by atoms with E-state index in [9.17, 15) is 4.79 Å². The van der Waals surface area contributed by atoms with E-state index in [4.69, 9.17) is 9.47 Å². The van der Waals surface area contributed by atoms with E-state index >= 15 is 0 Å². The Balaban J connectivity index is 1.62. The van der Waals surface area contributed by atoms with Crippen LogP contribution in [-0.2, 0) is 11.3 Å². The average molecular weight is 398 g/mol. The Labute approximate surface area is 168 Å². The van der Waals surface area contributed by atoms with Gasteiger partial charge in [-0.05, 0) is 36.8 Å². The maximum Gasteiger partial charge on any atom is 0.233 e. The molecule has 0 aliphatic heterocycles. The van der Waals surface area contributed by atoms with E-state index in [0.717, 1.165) is 22.7 Å². The van der Waals surface area contributed by atoms with Gasteiger partial charge in [0.05, 0.1) is 25.2 Å². The van der Waals surface area contributed by atoms with Crippen LogP contribution < -0.4 is 14.8 Å². The topological polar surface area (TPSA) is 78.3 Å². The molecule has 0 saturated heterocycles. The first-order chi connectivity index (χ1) is 13.6. The smallest absolute Gasteiger partial charge is 0.233 e. The van der Waals surface area contributed by atoms with Crippen molar-refractivity contribution in [2.45, 2.75) is 23.9 Å². The first-order valence-corrected chi connectivity index (χ1v) is 9.60. The number of ether oxygens (including phenoxy) is 2. The number of nitrogens with one attached hydrogen (secondary N) is 1. The zero-order valence-corrected chi connectivity index (χ0v) is 16.8. The van der Waals surface area contributed by atoms with Crippen LogP contribution >= 0.6 is 11.8 Å². The molecule has 28 heavy (non-hydrogen) atoms. The summed E-state index contributed by atoms with van der Waals surface area (Å²) in [6.07, 6.45) is 1.62. The zero-order chi connectivity index (χ0) is 19.9. The van der Waals surface area contributed by atoms with Gasteiger partial charge < -0.3 is 14.8 Å². The van der Waals surface area contributed by atoms with Gasteiger partial charge in [-0.3, -0.25) is 9.36 Å². The molecule has 0 radical (unpaired) electrons. The number of carbonyl (C=O) groups excluding carboxylic acids is 1. The molecule has 1 aromatic heterocycles. The van der Waals surface area contributed by atoms with Crippen LogP contribution in [0.5, 0.6) is 11.5 Å². The molecule has 0 saturated carbocycles. The fraction of sp³-hybridized carbons (Fsp3) is 0.250. The normalized spacial score (nSPS) is 11.7. The highest BCUT2D eigenvalue weighted by molar-refractivity contribution is 8.00. The highest BCUT2D eigenvalue weighted by Crippen LogP contribution is 2.25. The zero-order valence-electron chi connectivity index (χ0n) is 16.0. The van der Waals surface area contributed by atoms with Gasteiger partial charge in [0, 0.05) is 12.6 Å². The molecule has 3 aromatic rings. The lowest BCUT2D eigenvalue weighted by molar-refractivity contribution is -0.120. The molecule has 1 N–H and O–H groups in total. The molecule has 3 rings (SSSR count). The predicted octanol–water partition coefficient (Wildman–Crippen LogP) is 3.08. The lowest BCUT2D eigenvalue weighted by atomic mass is 10.2. The van der Waals surface area contributed by atoms with Crippen LogP contribution in [0.3, 0.4) is 0 Å². The predicted molar refractivity (Wildman–Crippen MR) is 108 cm³/mol. The van der Waals surface area contributed by atoms with Gasteiger partial charge in [-0.15, -0.1) is 10.2 Å². The van der Waals surface area contributed by atoms with Crippen LogP contribution in [0.4, 0.5) is 0 Å². The van der Waals surface area contributed by atoms with Crippen molar-refractivity contribution >= 4 is 17.7 Å². The van der Waals surface area contributed by atoms with Gasteiger partial charge in [-0.2, -0.15) is 0 Å². The maximum absolute atomic E-state index is 12.5. The Kier molecular flexibility index (Phi) is 6.54. The molecule has 8 heteroatoms. The fourth-order valence-electron chi connectivity index (χ4n) is 2.53. The summed E-state index contributed by atoms with van der Waals surface area (Å²) < 4.78 is 12.2. The van der Waals surface area contributed by atoms with Gasteiger partial charge in [0.2, 0.25) is 5.91 Å². The molecule has 1 atom stereocenters. The van der Waals surface area contributed by atoms with Gasteiger partial charge in [0.15, 0.2) is 5.16 Å². The number of hydrogen-bond donors (Lipinski definition) is 1. The Morgan fingerprint density at radius 1 is 1.14 bits per heavy atom. The highest BCUT2D eigenvalue weighted by atomic mass is 32.2. The third-order valence-electron chi connectivity index (χ3n) is 4.13. The van der Waals surface area contributed by atoms with Crippen molar-refractivity contribution in [1.82, 2.24) is 20.1 Å². The number of rotatable bonds is 8. The monoisotopic (exact) mass is 398 g/mol. The lowest BCUT2D eigenvalue weighted by Crippen LogP contribution is -2.30. The van der Waals surface area contributed by atoms with Gasteiger partial charge >= 0.3 is 0 Å². The minimum atomic E-state index is -0.327. The summed E-state index contributed by atoms with van der Waals surface area (Å²) in [6, 6.07) is 15.2. The van der Waals surface area contributed by atoms with Gasteiger partial charge in [0.1, 0.15) is 17.8 Å². The molecule has 0 bridgehead atoms. The van der Waals surface area contributed by atoms with Gasteiger partial charge in [-0.1, -0.05) is 30.0 Å². The van der Waals surface area contributed by atoms with E-state index in [0.29, 0.717) is 11.7 Å². The highest BCUT2D eigenvalue weighted by Gasteiger charge is 2.18. The van der Waals surface area contributed by atoms with Gasteiger partial charge in [-0.25, -0.2) is 0 Å². The Morgan fingerprint density at radius 2 is 1.89 bits per heavy atom.